The highest BCUT2D eigenvalue weighted by Gasteiger charge is 2.26. The third kappa shape index (κ3) is 6.93. The summed E-state index contributed by atoms with van der Waals surface area (Å²) in [7, 11) is 0. The molecule has 6 rings (SSSR count). The standard InChI is InChI=1S/C37H41N7O2/c1-24-9-11-30(12-10-24)44-34(22-33(42-44)37(3,4)5)41-36(46)40-29-8-6-7-27(20-29)19-26-14-17-43(18-15-26)35(45)31-21-28-23-38-16-13-32(28)39-25(31)2/h6-13,16,20-23,26H,14-15,17-19H2,1-5H3,(H2,40,41,46). The lowest BCUT2D eigenvalue weighted by molar-refractivity contribution is 0.0689. The van der Waals surface area contributed by atoms with Gasteiger partial charge in [-0.3, -0.25) is 20.1 Å². The van der Waals surface area contributed by atoms with Crippen LogP contribution in [0.15, 0.2) is 79.1 Å². The molecule has 0 radical (unpaired) electrons. The molecule has 3 amide bonds. The van der Waals surface area contributed by atoms with Gasteiger partial charge in [0, 0.05) is 48.0 Å². The number of anilines is 2. The molecule has 2 aromatic carbocycles. The summed E-state index contributed by atoms with van der Waals surface area (Å²) in [5.74, 6) is 1.09. The fourth-order valence-corrected chi connectivity index (χ4v) is 5.95. The molecule has 0 aliphatic carbocycles. The minimum Gasteiger partial charge on any atom is -0.339 e. The average Bonchev–Trinajstić information content (AvgIpc) is 3.45. The van der Waals surface area contributed by atoms with E-state index >= 15 is 0 Å². The largest absolute Gasteiger partial charge is 0.339 e. The highest BCUT2D eigenvalue weighted by Crippen LogP contribution is 2.28. The Morgan fingerprint density at radius 3 is 2.43 bits per heavy atom. The molecule has 0 bridgehead atoms. The Hall–Kier alpha value is -5.05. The molecule has 2 N–H and O–H groups in total. The summed E-state index contributed by atoms with van der Waals surface area (Å²) in [6.07, 6.45) is 6.19. The number of hydrogen-bond acceptors (Lipinski definition) is 5. The number of hydrogen-bond donors (Lipinski definition) is 2. The molecule has 46 heavy (non-hydrogen) atoms. The van der Waals surface area contributed by atoms with Gasteiger partial charge >= 0.3 is 6.03 Å². The maximum Gasteiger partial charge on any atom is 0.324 e. The van der Waals surface area contributed by atoms with E-state index in [1.807, 2.05) is 79.4 Å². The molecule has 1 aliphatic rings. The van der Waals surface area contributed by atoms with Gasteiger partial charge in [0.05, 0.1) is 28.2 Å². The monoisotopic (exact) mass is 615 g/mol. The number of pyridine rings is 2. The van der Waals surface area contributed by atoms with Crippen molar-refractivity contribution in [1.29, 1.82) is 0 Å². The zero-order valence-electron chi connectivity index (χ0n) is 27.2. The quantitative estimate of drug-likeness (QED) is 0.206. The minimum atomic E-state index is -0.327. The minimum absolute atomic E-state index is 0.0322. The summed E-state index contributed by atoms with van der Waals surface area (Å²) < 4.78 is 1.78. The van der Waals surface area contributed by atoms with Crippen molar-refractivity contribution in [3.05, 3.63) is 107 Å². The number of likely N-dealkylation sites (tertiary alicyclic amines) is 1. The van der Waals surface area contributed by atoms with Gasteiger partial charge in [-0.2, -0.15) is 5.10 Å². The van der Waals surface area contributed by atoms with Crippen LogP contribution >= 0.6 is 0 Å². The molecule has 1 aliphatic heterocycles. The third-order valence-corrected chi connectivity index (χ3v) is 8.64. The van der Waals surface area contributed by atoms with Crippen molar-refractivity contribution in [3.8, 4) is 5.69 Å². The number of urea groups is 1. The van der Waals surface area contributed by atoms with E-state index in [0.717, 1.165) is 64.1 Å². The highest BCUT2D eigenvalue weighted by molar-refractivity contribution is 6.00. The van der Waals surface area contributed by atoms with Crippen molar-refractivity contribution in [2.75, 3.05) is 23.7 Å². The van der Waals surface area contributed by atoms with Gasteiger partial charge in [0.1, 0.15) is 5.82 Å². The molecule has 0 saturated carbocycles. The van der Waals surface area contributed by atoms with Crippen LogP contribution in [0.2, 0.25) is 0 Å². The smallest absolute Gasteiger partial charge is 0.324 e. The second-order valence-corrected chi connectivity index (χ2v) is 13.3. The fraction of sp³-hybridized carbons (Fsp3) is 0.324. The van der Waals surface area contributed by atoms with Gasteiger partial charge in [-0.05, 0) is 81.0 Å². The van der Waals surface area contributed by atoms with Crippen molar-refractivity contribution in [1.82, 2.24) is 24.6 Å². The molecule has 1 saturated heterocycles. The maximum atomic E-state index is 13.4. The number of amides is 3. The molecule has 5 aromatic rings. The van der Waals surface area contributed by atoms with Crippen molar-refractivity contribution >= 4 is 34.3 Å². The highest BCUT2D eigenvalue weighted by atomic mass is 16.2. The van der Waals surface area contributed by atoms with E-state index in [2.05, 4.69) is 47.4 Å². The normalized spacial score (nSPS) is 14.0. The number of nitrogens with zero attached hydrogens (tertiary/aromatic N) is 5. The molecule has 0 unspecified atom stereocenters. The zero-order chi connectivity index (χ0) is 32.4. The summed E-state index contributed by atoms with van der Waals surface area (Å²) in [4.78, 5) is 37.3. The fourth-order valence-electron chi connectivity index (χ4n) is 5.95. The van der Waals surface area contributed by atoms with Crippen LogP contribution in [0.1, 0.15) is 66.5 Å². The first-order valence-electron chi connectivity index (χ1n) is 15.9. The van der Waals surface area contributed by atoms with Crippen molar-refractivity contribution < 1.29 is 9.59 Å². The number of rotatable bonds is 6. The van der Waals surface area contributed by atoms with Crippen LogP contribution in [0.5, 0.6) is 0 Å². The van der Waals surface area contributed by atoms with Gasteiger partial charge in [0.25, 0.3) is 5.91 Å². The molecule has 9 heteroatoms. The van der Waals surface area contributed by atoms with E-state index in [4.69, 9.17) is 5.10 Å². The number of piperidine rings is 1. The van der Waals surface area contributed by atoms with E-state index in [0.29, 0.717) is 30.4 Å². The lowest BCUT2D eigenvalue weighted by Crippen LogP contribution is -2.39. The Morgan fingerprint density at radius 1 is 0.935 bits per heavy atom. The Morgan fingerprint density at radius 2 is 1.70 bits per heavy atom. The molecule has 0 atom stereocenters. The number of nitrogens with one attached hydrogen (secondary N) is 2. The number of fused-ring (bicyclic) bond motifs is 1. The molecule has 236 valence electrons. The molecule has 9 nitrogen and oxygen atoms in total. The lowest BCUT2D eigenvalue weighted by Gasteiger charge is -2.32. The van der Waals surface area contributed by atoms with Crippen LogP contribution in [0.4, 0.5) is 16.3 Å². The summed E-state index contributed by atoms with van der Waals surface area (Å²) in [6.45, 7) is 11.7. The molecule has 0 spiro atoms. The second kappa shape index (κ2) is 12.7. The molecule has 1 fully saturated rings. The van der Waals surface area contributed by atoms with E-state index in [1.54, 1.807) is 17.1 Å². The van der Waals surface area contributed by atoms with Crippen LogP contribution in [-0.4, -0.2) is 49.7 Å². The SMILES string of the molecule is Cc1ccc(-n2nc(C(C)(C)C)cc2NC(=O)Nc2cccc(CC3CCN(C(=O)c4cc5cnccc5nc4C)CC3)c2)cc1. The number of benzene rings is 2. The predicted octanol–water partition coefficient (Wildman–Crippen LogP) is 7.47. The molecule has 3 aromatic heterocycles. The van der Waals surface area contributed by atoms with Gasteiger partial charge in [0.2, 0.25) is 0 Å². The van der Waals surface area contributed by atoms with Gasteiger partial charge in [-0.1, -0.05) is 50.6 Å². The number of carbonyl (C=O) groups is 2. The van der Waals surface area contributed by atoms with Crippen LogP contribution in [0, 0.1) is 19.8 Å². The first-order valence-corrected chi connectivity index (χ1v) is 15.9. The first-order chi connectivity index (χ1) is 22.0. The van der Waals surface area contributed by atoms with Gasteiger partial charge < -0.3 is 10.2 Å². The second-order valence-electron chi connectivity index (χ2n) is 13.3. The van der Waals surface area contributed by atoms with Gasteiger partial charge in [0.15, 0.2) is 0 Å². The summed E-state index contributed by atoms with van der Waals surface area (Å²) >= 11 is 0. The Kier molecular flexibility index (Phi) is 8.58. The predicted molar refractivity (Wildman–Crippen MR) is 183 cm³/mol. The zero-order valence-corrected chi connectivity index (χ0v) is 27.2. The summed E-state index contributed by atoms with van der Waals surface area (Å²) in [6, 6.07) is 21.5. The van der Waals surface area contributed by atoms with Crippen LogP contribution < -0.4 is 10.6 Å². The molecular formula is C37H41N7O2. The van der Waals surface area contributed by atoms with Gasteiger partial charge in [-0.15, -0.1) is 0 Å². The number of aromatic nitrogens is 4. The topological polar surface area (TPSA) is 105 Å². The van der Waals surface area contributed by atoms with E-state index in [-0.39, 0.29) is 17.4 Å². The van der Waals surface area contributed by atoms with Crippen molar-refractivity contribution in [2.45, 2.75) is 59.3 Å². The van der Waals surface area contributed by atoms with Crippen molar-refractivity contribution in [2.24, 2.45) is 5.92 Å². The molecule has 4 heterocycles. The maximum absolute atomic E-state index is 13.4. The Labute approximate surface area is 270 Å². The van der Waals surface area contributed by atoms with Crippen LogP contribution in [-0.2, 0) is 11.8 Å². The van der Waals surface area contributed by atoms with Crippen LogP contribution in [0.25, 0.3) is 16.6 Å². The third-order valence-electron chi connectivity index (χ3n) is 8.64. The van der Waals surface area contributed by atoms with Gasteiger partial charge in [-0.25, -0.2) is 9.48 Å². The van der Waals surface area contributed by atoms with E-state index in [1.165, 1.54) is 0 Å². The first kappa shape index (κ1) is 31.0. The van der Waals surface area contributed by atoms with E-state index in [9.17, 15) is 9.59 Å². The molecular weight excluding hydrogens is 574 g/mol. The lowest BCUT2D eigenvalue weighted by atomic mass is 9.89. The summed E-state index contributed by atoms with van der Waals surface area (Å²) in [5.41, 5.74) is 6.88. The van der Waals surface area contributed by atoms with E-state index < -0.39 is 0 Å². The van der Waals surface area contributed by atoms with Crippen molar-refractivity contribution in [3.63, 3.8) is 0 Å². The van der Waals surface area contributed by atoms with Crippen LogP contribution in [0.3, 0.4) is 0 Å². The Balaban J connectivity index is 1.07. The number of aryl methyl sites for hydroxylation is 2. The average molecular weight is 616 g/mol. The Bertz CT molecular complexity index is 1880. The number of carbonyl (C=O) groups excluding carboxylic acids is 2. The summed E-state index contributed by atoms with van der Waals surface area (Å²) in [5, 5.41) is 11.7.